The molecule has 82 valence electrons. The van der Waals surface area contributed by atoms with Gasteiger partial charge in [-0.3, -0.25) is 9.71 Å². The molecule has 0 saturated carbocycles. The van der Waals surface area contributed by atoms with E-state index in [9.17, 15) is 8.42 Å². The highest BCUT2D eigenvalue weighted by Crippen LogP contribution is 2.11. The largest absolute Gasteiger partial charge is 0.264 e. The molecule has 0 bridgehead atoms. The summed E-state index contributed by atoms with van der Waals surface area (Å²) in [6.07, 6.45) is 4.31. The highest BCUT2D eigenvalue weighted by molar-refractivity contribution is 7.92. The van der Waals surface area contributed by atoms with Crippen LogP contribution in [-0.4, -0.2) is 18.4 Å². The summed E-state index contributed by atoms with van der Waals surface area (Å²) in [6, 6.07) is 8.02. The number of aromatic nitrogens is 2. The molecule has 2 aromatic rings. The normalized spacial score (nSPS) is 11.0. The van der Waals surface area contributed by atoms with Crippen LogP contribution < -0.4 is 4.72 Å². The molecule has 0 spiro atoms. The Morgan fingerprint density at radius 2 is 1.94 bits per heavy atom. The SMILES string of the molecule is O=S(=O)(Nc1ccccn1)c1cccnc1. The summed E-state index contributed by atoms with van der Waals surface area (Å²) in [5, 5.41) is 0. The van der Waals surface area contributed by atoms with Gasteiger partial charge in [-0.25, -0.2) is 13.4 Å². The molecule has 0 saturated heterocycles. The van der Waals surface area contributed by atoms with Crippen LogP contribution in [0.4, 0.5) is 5.82 Å². The van der Waals surface area contributed by atoms with Gasteiger partial charge in [0.1, 0.15) is 10.7 Å². The fourth-order valence-corrected chi connectivity index (χ4v) is 2.10. The minimum Gasteiger partial charge on any atom is -0.263 e. The first-order valence-corrected chi connectivity index (χ1v) is 6.01. The molecule has 2 heterocycles. The number of sulfonamides is 1. The number of anilines is 1. The fraction of sp³-hybridized carbons (Fsp3) is 0. The Kier molecular flexibility index (Phi) is 2.82. The number of rotatable bonds is 3. The molecule has 5 nitrogen and oxygen atoms in total. The van der Waals surface area contributed by atoms with Gasteiger partial charge in [0.2, 0.25) is 0 Å². The van der Waals surface area contributed by atoms with Crippen LogP contribution in [0.15, 0.2) is 53.8 Å². The van der Waals surface area contributed by atoms with Gasteiger partial charge in [-0.05, 0) is 24.3 Å². The number of hydrogen-bond acceptors (Lipinski definition) is 4. The third kappa shape index (κ3) is 2.34. The average Bonchev–Trinajstić information content (AvgIpc) is 2.31. The minimum atomic E-state index is -3.59. The molecule has 1 N–H and O–H groups in total. The lowest BCUT2D eigenvalue weighted by Crippen LogP contribution is -2.13. The standard InChI is InChI=1S/C10H9N3O2S/c14-16(15,9-4-3-6-11-8-9)13-10-5-1-2-7-12-10/h1-8H,(H,12,13). The lowest BCUT2D eigenvalue weighted by molar-refractivity contribution is 0.600. The topological polar surface area (TPSA) is 72.0 Å². The van der Waals surface area contributed by atoms with Crippen LogP contribution in [0.2, 0.25) is 0 Å². The van der Waals surface area contributed by atoms with Crippen molar-refractivity contribution in [3.05, 3.63) is 48.9 Å². The molecule has 16 heavy (non-hydrogen) atoms. The van der Waals surface area contributed by atoms with Crippen LogP contribution in [0.25, 0.3) is 0 Å². The number of nitrogens with zero attached hydrogens (tertiary/aromatic N) is 2. The zero-order valence-electron chi connectivity index (χ0n) is 8.24. The third-order valence-electron chi connectivity index (χ3n) is 1.85. The maximum Gasteiger partial charge on any atom is 0.264 e. The van der Waals surface area contributed by atoms with E-state index >= 15 is 0 Å². The monoisotopic (exact) mass is 235 g/mol. The summed E-state index contributed by atoms with van der Waals surface area (Å²) < 4.78 is 26.0. The fourth-order valence-electron chi connectivity index (χ4n) is 1.13. The van der Waals surface area contributed by atoms with Crippen molar-refractivity contribution in [2.24, 2.45) is 0 Å². The smallest absolute Gasteiger partial charge is 0.263 e. The van der Waals surface area contributed by atoms with E-state index in [0.717, 1.165) is 0 Å². The Morgan fingerprint density at radius 1 is 1.06 bits per heavy atom. The summed E-state index contributed by atoms with van der Waals surface area (Å²) >= 11 is 0. The molecule has 0 aliphatic heterocycles. The zero-order valence-corrected chi connectivity index (χ0v) is 9.05. The van der Waals surface area contributed by atoms with Gasteiger partial charge in [0.25, 0.3) is 10.0 Å². The molecule has 0 aliphatic carbocycles. The van der Waals surface area contributed by atoms with Gasteiger partial charge in [-0.2, -0.15) is 0 Å². The van der Waals surface area contributed by atoms with E-state index in [1.807, 2.05) is 0 Å². The van der Waals surface area contributed by atoms with Crippen LogP contribution in [0.5, 0.6) is 0 Å². The van der Waals surface area contributed by atoms with Crippen LogP contribution in [0.3, 0.4) is 0 Å². The second-order valence-electron chi connectivity index (χ2n) is 3.01. The lowest BCUT2D eigenvalue weighted by atomic mass is 10.5. The Bertz CT molecular complexity index is 555. The number of hydrogen-bond donors (Lipinski definition) is 1. The highest BCUT2D eigenvalue weighted by Gasteiger charge is 2.13. The lowest BCUT2D eigenvalue weighted by Gasteiger charge is -2.05. The highest BCUT2D eigenvalue weighted by atomic mass is 32.2. The van der Waals surface area contributed by atoms with Gasteiger partial charge in [0, 0.05) is 18.6 Å². The molecule has 0 unspecified atom stereocenters. The first-order chi connectivity index (χ1) is 7.68. The summed E-state index contributed by atoms with van der Waals surface area (Å²) in [5.74, 6) is 0.284. The molecule has 6 heteroatoms. The van der Waals surface area contributed by atoms with Crippen molar-refractivity contribution in [3.63, 3.8) is 0 Å². The van der Waals surface area contributed by atoms with Gasteiger partial charge >= 0.3 is 0 Å². The molecule has 0 amide bonds. The van der Waals surface area contributed by atoms with Crippen molar-refractivity contribution in [2.75, 3.05) is 4.72 Å². The van der Waals surface area contributed by atoms with Crippen LogP contribution in [-0.2, 0) is 10.0 Å². The van der Waals surface area contributed by atoms with E-state index in [1.54, 1.807) is 24.3 Å². The number of nitrogens with one attached hydrogen (secondary N) is 1. The van der Waals surface area contributed by atoms with E-state index in [1.165, 1.54) is 24.7 Å². The van der Waals surface area contributed by atoms with Crippen molar-refractivity contribution in [1.29, 1.82) is 0 Å². The molecule has 2 rings (SSSR count). The molecular weight excluding hydrogens is 226 g/mol. The summed E-state index contributed by atoms with van der Waals surface area (Å²) in [5.41, 5.74) is 0. The number of pyridine rings is 2. The van der Waals surface area contributed by atoms with Crippen LogP contribution in [0.1, 0.15) is 0 Å². The van der Waals surface area contributed by atoms with E-state index in [0.29, 0.717) is 0 Å². The summed E-state index contributed by atoms with van der Waals surface area (Å²) in [4.78, 5) is 7.74. The Hall–Kier alpha value is -1.95. The quantitative estimate of drug-likeness (QED) is 0.869. The predicted octanol–water partition coefficient (Wildman–Crippen LogP) is 1.28. The third-order valence-corrected chi connectivity index (χ3v) is 3.19. The van der Waals surface area contributed by atoms with Crippen molar-refractivity contribution in [2.45, 2.75) is 4.90 Å². The Morgan fingerprint density at radius 3 is 2.56 bits per heavy atom. The second kappa shape index (κ2) is 4.28. The first kappa shape index (κ1) is 10.6. The summed E-state index contributed by atoms with van der Waals surface area (Å²) in [7, 11) is -3.59. The predicted molar refractivity (Wildman–Crippen MR) is 59.3 cm³/mol. The average molecular weight is 235 g/mol. The van der Waals surface area contributed by atoms with Crippen LogP contribution in [0, 0.1) is 0 Å². The summed E-state index contributed by atoms with van der Waals surface area (Å²) in [6.45, 7) is 0. The van der Waals surface area contributed by atoms with Gasteiger partial charge in [-0.15, -0.1) is 0 Å². The maximum absolute atomic E-state index is 11.8. The maximum atomic E-state index is 11.8. The molecule has 0 fully saturated rings. The van der Waals surface area contributed by atoms with Crippen molar-refractivity contribution >= 4 is 15.8 Å². The molecule has 0 aliphatic rings. The van der Waals surface area contributed by atoms with Crippen molar-refractivity contribution < 1.29 is 8.42 Å². The molecular formula is C10H9N3O2S. The molecule has 0 radical (unpaired) electrons. The Labute approximate surface area is 93.2 Å². The first-order valence-electron chi connectivity index (χ1n) is 4.52. The van der Waals surface area contributed by atoms with E-state index < -0.39 is 10.0 Å². The van der Waals surface area contributed by atoms with Gasteiger partial charge < -0.3 is 0 Å². The van der Waals surface area contributed by atoms with Gasteiger partial charge in [-0.1, -0.05) is 6.07 Å². The van der Waals surface area contributed by atoms with Crippen molar-refractivity contribution in [3.8, 4) is 0 Å². The molecule has 0 atom stereocenters. The molecule has 0 aromatic carbocycles. The van der Waals surface area contributed by atoms with E-state index in [2.05, 4.69) is 14.7 Å². The zero-order chi connectivity index (χ0) is 11.4. The van der Waals surface area contributed by atoms with Gasteiger partial charge in [0.05, 0.1) is 0 Å². The van der Waals surface area contributed by atoms with Crippen LogP contribution >= 0.6 is 0 Å². The van der Waals surface area contributed by atoms with E-state index in [-0.39, 0.29) is 10.7 Å². The van der Waals surface area contributed by atoms with E-state index in [4.69, 9.17) is 0 Å². The second-order valence-corrected chi connectivity index (χ2v) is 4.69. The Balaban J connectivity index is 2.29. The van der Waals surface area contributed by atoms with Gasteiger partial charge in [0.15, 0.2) is 0 Å². The van der Waals surface area contributed by atoms with Crippen molar-refractivity contribution in [1.82, 2.24) is 9.97 Å². The molecule has 2 aromatic heterocycles. The minimum absolute atomic E-state index is 0.112.